The molecule has 0 saturated heterocycles. The molecule has 0 spiro atoms. The van der Waals surface area contributed by atoms with E-state index in [2.05, 4.69) is 10.3 Å². The van der Waals surface area contributed by atoms with Crippen LogP contribution < -0.4 is 14.8 Å². The first-order chi connectivity index (χ1) is 14.7. The van der Waals surface area contributed by atoms with Crippen molar-refractivity contribution in [3.8, 4) is 11.5 Å². The van der Waals surface area contributed by atoms with Gasteiger partial charge < -0.3 is 24.4 Å². The average Bonchev–Trinajstić information content (AvgIpc) is 2.74. The van der Waals surface area contributed by atoms with E-state index in [-0.39, 0.29) is 5.91 Å². The third-order valence-corrected chi connectivity index (χ3v) is 4.28. The lowest BCUT2D eigenvalue weighted by Gasteiger charge is -2.27. The minimum atomic E-state index is -0.591. The number of nitrogens with zero attached hydrogens (tertiary/aromatic N) is 2. The van der Waals surface area contributed by atoms with E-state index in [1.165, 1.54) is 7.11 Å². The molecule has 0 unspecified atom stereocenters. The Labute approximate surface area is 183 Å². The van der Waals surface area contributed by atoms with E-state index in [1.54, 1.807) is 42.6 Å². The summed E-state index contributed by atoms with van der Waals surface area (Å²) in [5, 5.41) is 2.87. The number of rotatable bonds is 9. The molecule has 0 saturated carbocycles. The first-order valence-electron chi connectivity index (χ1n) is 10.1. The number of methoxy groups -OCH3 is 2. The molecular formula is C23H31N3O5. The van der Waals surface area contributed by atoms with E-state index in [0.29, 0.717) is 43.1 Å². The molecule has 0 bridgehead atoms. The van der Waals surface area contributed by atoms with Gasteiger partial charge in [-0.05, 0) is 57.0 Å². The third kappa shape index (κ3) is 7.81. The Hall–Kier alpha value is -3.29. The Morgan fingerprint density at radius 2 is 1.84 bits per heavy atom. The van der Waals surface area contributed by atoms with Crippen LogP contribution in [-0.4, -0.2) is 54.8 Å². The predicted octanol–water partition coefficient (Wildman–Crippen LogP) is 3.66. The Balaban J connectivity index is 1.93. The highest BCUT2D eigenvalue weighted by molar-refractivity contribution is 5.94. The van der Waals surface area contributed by atoms with Gasteiger partial charge in [0, 0.05) is 31.0 Å². The smallest absolute Gasteiger partial charge is 0.410 e. The largest absolute Gasteiger partial charge is 0.493 e. The molecular weight excluding hydrogens is 398 g/mol. The van der Waals surface area contributed by atoms with Gasteiger partial charge in [-0.2, -0.15) is 0 Å². The lowest BCUT2D eigenvalue weighted by molar-refractivity contribution is 0.0232. The van der Waals surface area contributed by atoms with Crippen LogP contribution in [0.25, 0.3) is 0 Å². The van der Waals surface area contributed by atoms with Gasteiger partial charge in [0.05, 0.1) is 20.8 Å². The monoisotopic (exact) mass is 429 g/mol. The summed E-state index contributed by atoms with van der Waals surface area (Å²) in [6.07, 6.45) is 3.57. The Morgan fingerprint density at radius 1 is 1.10 bits per heavy atom. The van der Waals surface area contributed by atoms with Crippen LogP contribution in [0.1, 0.15) is 43.1 Å². The zero-order valence-corrected chi connectivity index (χ0v) is 18.8. The van der Waals surface area contributed by atoms with Crippen molar-refractivity contribution in [2.75, 3.05) is 27.3 Å². The topological polar surface area (TPSA) is 90.0 Å². The number of carbonyl (C=O) groups excluding carboxylic acids is 2. The van der Waals surface area contributed by atoms with Crippen LogP contribution in [0.15, 0.2) is 42.7 Å². The van der Waals surface area contributed by atoms with Crippen molar-refractivity contribution in [2.24, 2.45) is 0 Å². The summed E-state index contributed by atoms with van der Waals surface area (Å²) >= 11 is 0. The van der Waals surface area contributed by atoms with Gasteiger partial charge in [0.2, 0.25) is 0 Å². The molecule has 2 aromatic rings. The van der Waals surface area contributed by atoms with Gasteiger partial charge >= 0.3 is 6.09 Å². The first kappa shape index (κ1) is 24.0. The van der Waals surface area contributed by atoms with Crippen LogP contribution in [0, 0.1) is 0 Å². The third-order valence-electron chi connectivity index (χ3n) is 4.28. The molecule has 8 nitrogen and oxygen atoms in total. The fourth-order valence-electron chi connectivity index (χ4n) is 2.82. The summed E-state index contributed by atoms with van der Waals surface area (Å²) in [4.78, 5) is 30.8. The van der Waals surface area contributed by atoms with Crippen molar-refractivity contribution in [1.82, 2.24) is 15.2 Å². The molecule has 31 heavy (non-hydrogen) atoms. The van der Waals surface area contributed by atoms with Gasteiger partial charge in [0.25, 0.3) is 5.91 Å². The second-order valence-corrected chi connectivity index (χ2v) is 7.94. The number of nitrogens with one attached hydrogen (secondary N) is 1. The number of hydrogen-bond acceptors (Lipinski definition) is 6. The molecule has 1 aromatic heterocycles. The van der Waals surface area contributed by atoms with Gasteiger partial charge in [0.15, 0.2) is 11.5 Å². The molecule has 0 aliphatic rings. The van der Waals surface area contributed by atoms with Crippen molar-refractivity contribution in [1.29, 1.82) is 0 Å². The molecule has 0 radical (unpaired) electrons. The fraction of sp³-hybridized carbons (Fsp3) is 0.435. The molecule has 1 heterocycles. The lowest BCUT2D eigenvalue weighted by Crippen LogP contribution is -2.38. The first-order valence-corrected chi connectivity index (χ1v) is 10.1. The molecule has 0 aliphatic carbocycles. The van der Waals surface area contributed by atoms with Crippen molar-refractivity contribution in [2.45, 2.75) is 39.3 Å². The Bertz CT molecular complexity index is 865. The van der Waals surface area contributed by atoms with Crippen LogP contribution in [0.3, 0.4) is 0 Å². The molecule has 1 aromatic carbocycles. The highest BCUT2D eigenvalue weighted by atomic mass is 16.6. The second kappa shape index (κ2) is 11.2. The molecule has 8 heteroatoms. The highest BCUT2D eigenvalue weighted by Gasteiger charge is 2.22. The summed E-state index contributed by atoms with van der Waals surface area (Å²) in [5.41, 5.74) is 0.783. The number of aromatic nitrogens is 1. The van der Waals surface area contributed by atoms with E-state index in [4.69, 9.17) is 14.2 Å². The molecule has 168 valence electrons. The van der Waals surface area contributed by atoms with E-state index < -0.39 is 11.7 Å². The van der Waals surface area contributed by atoms with Crippen LogP contribution >= 0.6 is 0 Å². The maximum atomic E-state index is 12.6. The van der Waals surface area contributed by atoms with Crippen LogP contribution in [-0.2, 0) is 11.3 Å². The highest BCUT2D eigenvalue weighted by Crippen LogP contribution is 2.27. The SMILES string of the molecule is COc1ccc(C(=O)NCCCN(Cc2cccnc2)C(=O)OC(C)(C)C)cc1OC. The Kier molecular flexibility index (Phi) is 8.66. The maximum absolute atomic E-state index is 12.6. The molecule has 0 atom stereocenters. The van der Waals surface area contributed by atoms with Gasteiger partial charge in [-0.1, -0.05) is 6.07 Å². The molecule has 2 rings (SSSR count). The molecule has 0 fully saturated rings. The van der Waals surface area contributed by atoms with E-state index in [1.807, 2.05) is 32.9 Å². The van der Waals surface area contributed by atoms with Crippen LogP contribution in [0.4, 0.5) is 4.79 Å². The number of amides is 2. The summed E-state index contributed by atoms with van der Waals surface area (Å²) in [7, 11) is 3.06. The van der Waals surface area contributed by atoms with E-state index in [0.717, 1.165) is 5.56 Å². The van der Waals surface area contributed by atoms with Gasteiger partial charge in [-0.15, -0.1) is 0 Å². The van der Waals surface area contributed by atoms with Gasteiger partial charge in [-0.25, -0.2) is 4.79 Å². The average molecular weight is 430 g/mol. The maximum Gasteiger partial charge on any atom is 0.410 e. The van der Waals surface area contributed by atoms with Crippen LogP contribution in [0.5, 0.6) is 11.5 Å². The second-order valence-electron chi connectivity index (χ2n) is 7.94. The van der Waals surface area contributed by atoms with E-state index >= 15 is 0 Å². The molecule has 0 aliphatic heterocycles. The molecule has 1 N–H and O–H groups in total. The minimum Gasteiger partial charge on any atom is -0.493 e. The minimum absolute atomic E-state index is 0.225. The number of benzene rings is 1. The summed E-state index contributed by atoms with van der Waals surface area (Å²) in [6, 6.07) is 8.72. The van der Waals surface area contributed by atoms with E-state index in [9.17, 15) is 9.59 Å². The Morgan fingerprint density at radius 3 is 2.45 bits per heavy atom. The fourth-order valence-corrected chi connectivity index (χ4v) is 2.82. The predicted molar refractivity (Wildman–Crippen MR) is 117 cm³/mol. The standard InChI is InChI=1S/C23H31N3O5/c1-23(2,3)31-22(28)26(16-17-8-6-11-24-15-17)13-7-12-25-21(27)18-9-10-19(29-4)20(14-18)30-5/h6,8-11,14-15H,7,12-13,16H2,1-5H3,(H,25,27). The zero-order chi connectivity index (χ0) is 22.9. The van der Waals surface area contributed by atoms with Crippen LogP contribution in [0.2, 0.25) is 0 Å². The van der Waals surface area contributed by atoms with Gasteiger partial charge in [-0.3, -0.25) is 9.78 Å². The number of pyridine rings is 1. The van der Waals surface area contributed by atoms with Crippen molar-refractivity contribution >= 4 is 12.0 Å². The van der Waals surface area contributed by atoms with Crippen molar-refractivity contribution < 1.29 is 23.8 Å². The van der Waals surface area contributed by atoms with Gasteiger partial charge in [0.1, 0.15) is 5.60 Å². The lowest BCUT2D eigenvalue weighted by atomic mass is 10.2. The van der Waals surface area contributed by atoms with Crippen molar-refractivity contribution in [3.63, 3.8) is 0 Å². The summed E-state index contributed by atoms with van der Waals surface area (Å²) in [6.45, 7) is 6.70. The summed E-state index contributed by atoms with van der Waals surface area (Å²) in [5.74, 6) is 0.821. The summed E-state index contributed by atoms with van der Waals surface area (Å²) < 4.78 is 16.0. The number of ether oxygens (including phenoxy) is 3. The normalized spacial score (nSPS) is 10.9. The number of carbonyl (C=O) groups is 2. The van der Waals surface area contributed by atoms with Crippen molar-refractivity contribution in [3.05, 3.63) is 53.9 Å². The quantitative estimate of drug-likeness (QED) is 0.612. The number of hydrogen-bond donors (Lipinski definition) is 1. The zero-order valence-electron chi connectivity index (χ0n) is 18.8. The molecule has 2 amide bonds.